The standard InChI is InChI=1S/C18H28BrNO/c1-18(2,3)21-11-10-14(13-20-16-8-9-16)12-15-6-4-5-7-17(15)19/h4-7,14,16,20H,8-13H2,1-3H3. The van der Waals surface area contributed by atoms with Crippen molar-refractivity contribution in [1.29, 1.82) is 0 Å². The summed E-state index contributed by atoms with van der Waals surface area (Å²) in [4.78, 5) is 0. The van der Waals surface area contributed by atoms with Crippen molar-refractivity contribution in [3.05, 3.63) is 34.3 Å². The number of hydrogen-bond acceptors (Lipinski definition) is 2. The smallest absolute Gasteiger partial charge is 0.0598 e. The zero-order valence-electron chi connectivity index (χ0n) is 13.5. The van der Waals surface area contributed by atoms with Gasteiger partial charge in [0.1, 0.15) is 0 Å². The third-order valence-corrected chi connectivity index (χ3v) is 4.57. The summed E-state index contributed by atoms with van der Waals surface area (Å²) >= 11 is 3.67. The van der Waals surface area contributed by atoms with Gasteiger partial charge in [-0.3, -0.25) is 0 Å². The molecule has 0 aromatic heterocycles. The Kier molecular flexibility index (Phi) is 6.27. The van der Waals surface area contributed by atoms with Crippen molar-refractivity contribution in [2.45, 2.75) is 58.1 Å². The molecule has 1 aliphatic carbocycles. The molecule has 1 aromatic rings. The normalized spacial score (nSPS) is 17.0. The molecule has 1 unspecified atom stereocenters. The SMILES string of the molecule is CC(C)(C)OCCC(CNC1CC1)Cc1ccccc1Br. The lowest BCUT2D eigenvalue weighted by atomic mass is 9.96. The molecule has 2 nitrogen and oxygen atoms in total. The predicted molar refractivity (Wildman–Crippen MR) is 92.7 cm³/mol. The number of rotatable bonds is 8. The van der Waals surface area contributed by atoms with Crippen LogP contribution in [-0.4, -0.2) is 24.8 Å². The van der Waals surface area contributed by atoms with Gasteiger partial charge in [0.05, 0.1) is 5.60 Å². The molecule has 1 aliphatic rings. The molecule has 0 radical (unpaired) electrons. The Labute approximate surface area is 137 Å². The summed E-state index contributed by atoms with van der Waals surface area (Å²) in [5.41, 5.74) is 1.36. The van der Waals surface area contributed by atoms with E-state index in [0.29, 0.717) is 5.92 Å². The molecule has 2 rings (SSSR count). The van der Waals surface area contributed by atoms with Crippen LogP contribution in [0.2, 0.25) is 0 Å². The highest BCUT2D eigenvalue weighted by Gasteiger charge is 2.22. The van der Waals surface area contributed by atoms with Crippen molar-refractivity contribution in [2.24, 2.45) is 5.92 Å². The van der Waals surface area contributed by atoms with Crippen LogP contribution in [0.15, 0.2) is 28.7 Å². The van der Waals surface area contributed by atoms with Crippen LogP contribution in [0.1, 0.15) is 45.6 Å². The van der Waals surface area contributed by atoms with E-state index in [9.17, 15) is 0 Å². The van der Waals surface area contributed by atoms with E-state index in [2.05, 4.69) is 66.3 Å². The van der Waals surface area contributed by atoms with E-state index < -0.39 is 0 Å². The average Bonchev–Trinajstić information content (AvgIpc) is 3.21. The molecule has 21 heavy (non-hydrogen) atoms. The number of hydrogen-bond donors (Lipinski definition) is 1. The number of nitrogens with one attached hydrogen (secondary N) is 1. The maximum absolute atomic E-state index is 5.91. The topological polar surface area (TPSA) is 21.3 Å². The van der Waals surface area contributed by atoms with Crippen LogP contribution in [-0.2, 0) is 11.2 Å². The molecule has 118 valence electrons. The second-order valence-electron chi connectivity index (χ2n) is 7.09. The Bertz CT molecular complexity index is 437. The molecule has 1 aromatic carbocycles. The van der Waals surface area contributed by atoms with Crippen molar-refractivity contribution < 1.29 is 4.74 Å². The molecular formula is C18H28BrNO. The van der Waals surface area contributed by atoms with Gasteiger partial charge in [0.2, 0.25) is 0 Å². The van der Waals surface area contributed by atoms with Crippen molar-refractivity contribution in [3.63, 3.8) is 0 Å². The molecule has 0 aliphatic heterocycles. The van der Waals surface area contributed by atoms with Crippen molar-refractivity contribution >= 4 is 15.9 Å². The molecule has 1 N–H and O–H groups in total. The second kappa shape index (κ2) is 7.75. The number of benzene rings is 1. The Balaban J connectivity index is 1.86. The fourth-order valence-electron chi connectivity index (χ4n) is 2.40. The average molecular weight is 354 g/mol. The van der Waals surface area contributed by atoms with Gasteiger partial charge in [-0.2, -0.15) is 0 Å². The molecule has 0 saturated heterocycles. The van der Waals surface area contributed by atoms with Gasteiger partial charge in [0, 0.05) is 17.1 Å². The van der Waals surface area contributed by atoms with Crippen LogP contribution in [0.25, 0.3) is 0 Å². The van der Waals surface area contributed by atoms with E-state index >= 15 is 0 Å². The van der Waals surface area contributed by atoms with Gasteiger partial charge in [0.25, 0.3) is 0 Å². The maximum atomic E-state index is 5.91. The summed E-state index contributed by atoms with van der Waals surface area (Å²) in [5, 5.41) is 3.67. The highest BCUT2D eigenvalue weighted by molar-refractivity contribution is 9.10. The van der Waals surface area contributed by atoms with E-state index in [4.69, 9.17) is 4.74 Å². The van der Waals surface area contributed by atoms with E-state index in [1.165, 1.54) is 22.9 Å². The van der Waals surface area contributed by atoms with E-state index in [1.54, 1.807) is 0 Å². The minimum absolute atomic E-state index is 0.0399. The van der Waals surface area contributed by atoms with Crippen molar-refractivity contribution in [1.82, 2.24) is 5.32 Å². The van der Waals surface area contributed by atoms with Gasteiger partial charge in [-0.15, -0.1) is 0 Å². The Morgan fingerprint density at radius 1 is 1.29 bits per heavy atom. The molecule has 0 bridgehead atoms. The lowest BCUT2D eigenvalue weighted by Crippen LogP contribution is -2.28. The minimum atomic E-state index is -0.0399. The molecule has 1 saturated carbocycles. The fourth-order valence-corrected chi connectivity index (χ4v) is 2.85. The van der Waals surface area contributed by atoms with E-state index in [-0.39, 0.29) is 5.60 Å². The third kappa shape index (κ3) is 6.94. The molecule has 1 atom stereocenters. The van der Waals surface area contributed by atoms with E-state index in [0.717, 1.165) is 32.0 Å². The van der Waals surface area contributed by atoms with Crippen LogP contribution >= 0.6 is 15.9 Å². The summed E-state index contributed by atoms with van der Waals surface area (Å²) in [6, 6.07) is 9.33. The Morgan fingerprint density at radius 3 is 2.62 bits per heavy atom. The van der Waals surface area contributed by atoms with Crippen LogP contribution < -0.4 is 5.32 Å². The van der Waals surface area contributed by atoms with Crippen molar-refractivity contribution in [2.75, 3.05) is 13.2 Å². The lowest BCUT2D eigenvalue weighted by molar-refractivity contribution is -0.00922. The molecule has 1 fully saturated rings. The molecular weight excluding hydrogens is 326 g/mol. The molecule has 0 heterocycles. The summed E-state index contributed by atoms with van der Waals surface area (Å²) in [5.74, 6) is 0.631. The lowest BCUT2D eigenvalue weighted by Gasteiger charge is -2.23. The van der Waals surface area contributed by atoms with Crippen LogP contribution in [0.4, 0.5) is 0 Å². The molecule has 3 heteroatoms. The maximum Gasteiger partial charge on any atom is 0.0598 e. The van der Waals surface area contributed by atoms with Crippen LogP contribution in [0, 0.1) is 5.92 Å². The minimum Gasteiger partial charge on any atom is -0.376 e. The van der Waals surface area contributed by atoms with Gasteiger partial charge in [-0.1, -0.05) is 34.1 Å². The first-order valence-corrected chi connectivity index (χ1v) is 8.84. The van der Waals surface area contributed by atoms with Gasteiger partial charge in [0.15, 0.2) is 0 Å². The Hall–Kier alpha value is -0.380. The van der Waals surface area contributed by atoms with Gasteiger partial charge in [-0.25, -0.2) is 0 Å². The summed E-state index contributed by atoms with van der Waals surface area (Å²) in [6.45, 7) is 8.30. The van der Waals surface area contributed by atoms with Crippen LogP contribution in [0.5, 0.6) is 0 Å². The zero-order valence-corrected chi connectivity index (χ0v) is 15.1. The first-order valence-electron chi connectivity index (χ1n) is 8.05. The highest BCUT2D eigenvalue weighted by Crippen LogP contribution is 2.23. The van der Waals surface area contributed by atoms with Crippen LogP contribution in [0.3, 0.4) is 0 Å². The van der Waals surface area contributed by atoms with Crippen molar-refractivity contribution in [3.8, 4) is 0 Å². The second-order valence-corrected chi connectivity index (χ2v) is 7.95. The monoisotopic (exact) mass is 353 g/mol. The third-order valence-electron chi connectivity index (χ3n) is 3.80. The summed E-state index contributed by atoms with van der Waals surface area (Å²) in [6.07, 6.45) is 4.91. The van der Waals surface area contributed by atoms with Gasteiger partial charge in [-0.05, 0) is 70.5 Å². The predicted octanol–water partition coefficient (Wildman–Crippen LogP) is 4.57. The highest BCUT2D eigenvalue weighted by atomic mass is 79.9. The number of ether oxygens (including phenoxy) is 1. The largest absolute Gasteiger partial charge is 0.376 e. The van der Waals surface area contributed by atoms with E-state index in [1.807, 2.05) is 0 Å². The summed E-state index contributed by atoms with van der Waals surface area (Å²) < 4.78 is 7.13. The Morgan fingerprint density at radius 2 is 2.00 bits per heavy atom. The molecule has 0 amide bonds. The first kappa shape index (κ1) is 17.0. The first-order chi connectivity index (χ1) is 9.94. The van der Waals surface area contributed by atoms with Gasteiger partial charge >= 0.3 is 0 Å². The quantitative estimate of drug-likeness (QED) is 0.739. The fraction of sp³-hybridized carbons (Fsp3) is 0.667. The molecule has 0 spiro atoms. The van der Waals surface area contributed by atoms with Gasteiger partial charge < -0.3 is 10.1 Å². The number of halogens is 1. The zero-order chi connectivity index (χ0) is 15.3. The summed E-state index contributed by atoms with van der Waals surface area (Å²) in [7, 11) is 0.